The van der Waals surface area contributed by atoms with Gasteiger partial charge in [0.1, 0.15) is 11.5 Å². The fraction of sp³-hybridized carbons (Fsp3) is 0.500. The summed E-state index contributed by atoms with van der Waals surface area (Å²) < 4.78 is 21.1. The Kier molecular flexibility index (Phi) is 7.08. The van der Waals surface area contributed by atoms with Gasteiger partial charge in [-0.05, 0) is 49.3 Å². The molecule has 0 radical (unpaired) electrons. The van der Waals surface area contributed by atoms with Crippen molar-refractivity contribution >= 4 is 5.97 Å². The van der Waals surface area contributed by atoms with E-state index >= 15 is 0 Å². The van der Waals surface area contributed by atoms with Gasteiger partial charge in [-0.3, -0.25) is 0 Å². The van der Waals surface area contributed by atoms with Crippen LogP contribution in [0.25, 0.3) is 0 Å². The molecule has 0 spiro atoms. The average molecular weight is 335 g/mol. The maximum Gasteiger partial charge on any atom is 0.188 e. The number of benzene rings is 1. The number of carbonyl (C=O) groups excluding carboxylic acids is 1. The summed E-state index contributed by atoms with van der Waals surface area (Å²) in [4.78, 5) is 10.7. The Morgan fingerprint density at radius 3 is 2.46 bits per heavy atom. The molecule has 0 unspecified atom stereocenters. The average Bonchev–Trinajstić information content (AvgIpc) is 2.58. The van der Waals surface area contributed by atoms with Crippen LogP contribution in [0.4, 0.5) is 0 Å². The second-order valence-electron chi connectivity index (χ2n) is 5.70. The van der Waals surface area contributed by atoms with Crippen LogP contribution in [0.15, 0.2) is 29.8 Å². The number of aliphatic carboxylic acids is 1. The number of ether oxygens (including phenoxy) is 4. The Morgan fingerprint density at radius 1 is 1.17 bits per heavy atom. The molecule has 0 atom stereocenters. The van der Waals surface area contributed by atoms with Crippen LogP contribution in [0.1, 0.15) is 37.2 Å². The molecular weight excluding hydrogens is 312 g/mol. The fourth-order valence-corrected chi connectivity index (χ4v) is 2.93. The van der Waals surface area contributed by atoms with Crippen LogP contribution < -0.4 is 14.6 Å². The number of allylic oxidation sites excluding steroid dienone is 1. The molecule has 0 N–H and O–H groups in total. The van der Waals surface area contributed by atoms with Crippen LogP contribution in [0.2, 0.25) is 0 Å². The van der Waals surface area contributed by atoms with E-state index in [4.69, 9.17) is 18.9 Å². The third kappa shape index (κ3) is 5.25. The van der Waals surface area contributed by atoms with Crippen molar-refractivity contribution in [3.8, 4) is 11.5 Å². The maximum absolute atomic E-state index is 10.7. The van der Waals surface area contributed by atoms with E-state index in [0.717, 1.165) is 42.6 Å². The van der Waals surface area contributed by atoms with Crippen molar-refractivity contribution in [3.63, 3.8) is 0 Å². The lowest BCUT2D eigenvalue weighted by molar-refractivity contribution is -0.297. The molecule has 1 saturated carbocycles. The standard InChI is InChI=1S/C18H24O6/c1-21-11-23-15-7-8-16(17(10-15)24-12-22-2)14-5-3-13(4-6-14)9-18(19)20/h7-10,14H,3-6,11-12H2,1-2H3,(H,19,20)/p-1. The Bertz CT molecular complexity index is 571. The van der Waals surface area contributed by atoms with E-state index in [1.807, 2.05) is 18.2 Å². The minimum absolute atomic E-state index is 0.156. The van der Waals surface area contributed by atoms with E-state index in [9.17, 15) is 9.90 Å². The van der Waals surface area contributed by atoms with Gasteiger partial charge >= 0.3 is 0 Å². The lowest BCUT2D eigenvalue weighted by Crippen LogP contribution is -2.20. The summed E-state index contributed by atoms with van der Waals surface area (Å²) in [6.07, 6.45) is 4.48. The topological polar surface area (TPSA) is 77.1 Å². The zero-order chi connectivity index (χ0) is 17.4. The molecule has 1 aliphatic carbocycles. The first-order valence-electron chi connectivity index (χ1n) is 7.92. The summed E-state index contributed by atoms with van der Waals surface area (Å²) in [5, 5.41) is 10.7. The molecule has 1 aliphatic rings. The molecule has 1 aromatic carbocycles. The SMILES string of the molecule is COCOc1ccc(C2CCC(=CC(=O)[O-])CC2)c(OCOC)c1. The van der Waals surface area contributed by atoms with Gasteiger partial charge in [-0.1, -0.05) is 11.6 Å². The Labute approximate surface area is 142 Å². The summed E-state index contributed by atoms with van der Waals surface area (Å²) in [7, 11) is 3.14. The smallest absolute Gasteiger partial charge is 0.188 e. The number of methoxy groups -OCH3 is 2. The van der Waals surface area contributed by atoms with Gasteiger partial charge in [0.2, 0.25) is 0 Å². The van der Waals surface area contributed by atoms with Crippen LogP contribution >= 0.6 is 0 Å². The van der Waals surface area contributed by atoms with Crippen molar-refractivity contribution in [1.82, 2.24) is 0 Å². The van der Waals surface area contributed by atoms with Crippen LogP contribution in [0, 0.1) is 0 Å². The van der Waals surface area contributed by atoms with Crippen molar-refractivity contribution in [2.45, 2.75) is 31.6 Å². The molecule has 1 aromatic rings. The fourth-order valence-electron chi connectivity index (χ4n) is 2.93. The van der Waals surface area contributed by atoms with Crippen LogP contribution in [-0.4, -0.2) is 33.8 Å². The Balaban J connectivity index is 2.12. The molecule has 24 heavy (non-hydrogen) atoms. The van der Waals surface area contributed by atoms with Gasteiger partial charge < -0.3 is 28.8 Å². The van der Waals surface area contributed by atoms with Crippen molar-refractivity contribution < 1.29 is 28.8 Å². The maximum atomic E-state index is 10.7. The van der Waals surface area contributed by atoms with E-state index in [1.54, 1.807) is 14.2 Å². The quantitative estimate of drug-likeness (QED) is 0.534. The number of rotatable bonds is 8. The molecule has 132 valence electrons. The third-order valence-corrected chi connectivity index (χ3v) is 4.05. The molecule has 6 nitrogen and oxygen atoms in total. The minimum Gasteiger partial charge on any atom is -0.545 e. The predicted octanol–water partition coefficient (Wildman–Crippen LogP) is 1.99. The van der Waals surface area contributed by atoms with Gasteiger partial charge in [0.15, 0.2) is 13.6 Å². The number of hydrogen-bond acceptors (Lipinski definition) is 6. The second-order valence-corrected chi connectivity index (χ2v) is 5.70. The monoisotopic (exact) mass is 335 g/mol. The molecule has 0 aromatic heterocycles. The van der Waals surface area contributed by atoms with Crippen molar-refractivity contribution in [3.05, 3.63) is 35.4 Å². The molecule has 0 saturated heterocycles. The summed E-state index contributed by atoms with van der Waals surface area (Å²) >= 11 is 0. The highest BCUT2D eigenvalue weighted by molar-refractivity contribution is 5.78. The largest absolute Gasteiger partial charge is 0.545 e. The zero-order valence-corrected chi connectivity index (χ0v) is 14.1. The lowest BCUT2D eigenvalue weighted by Gasteiger charge is -2.26. The normalized spacial score (nSPS) is 17.4. The highest BCUT2D eigenvalue weighted by atomic mass is 16.7. The van der Waals surface area contributed by atoms with E-state index in [2.05, 4.69) is 0 Å². The number of carboxylic acid groups (broad SMARTS) is 1. The molecule has 0 bridgehead atoms. The lowest BCUT2D eigenvalue weighted by atomic mass is 9.81. The van der Waals surface area contributed by atoms with E-state index in [-0.39, 0.29) is 13.6 Å². The van der Waals surface area contributed by atoms with Gasteiger partial charge in [0.25, 0.3) is 0 Å². The highest BCUT2D eigenvalue weighted by Gasteiger charge is 2.22. The Hall–Kier alpha value is -2.05. The van der Waals surface area contributed by atoms with Gasteiger partial charge in [0, 0.05) is 20.3 Å². The summed E-state index contributed by atoms with van der Waals surface area (Å²) in [5.41, 5.74) is 2.02. The molecule has 0 amide bonds. The number of carboxylic acids is 1. The number of carbonyl (C=O) groups is 1. The summed E-state index contributed by atoms with van der Waals surface area (Å²) in [6.45, 7) is 0.327. The van der Waals surface area contributed by atoms with Crippen molar-refractivity contribution in [2.24, 2.45) is 0 Å². The van der Waals surface area contributed by atoms with Gasteiger partial charge in [-0.2, -0.15) is 0 Å². The Morgan fingerprint density at radius 2 is 1.83 bits per heavy atom. The minimum atomic E-state index is -1.12. The summed E-state index contributed by atoms with van der Waals surface area (Å²) in [5.74, 6) is 0.585. The molecule has 1 fully saturated rings. The first-order chi connectivity index (χ1) is 11.6. The van der Waals surface area contributed by atoms with Crippen LogP contribution in [0.3, 0.4) is 0 Å². The molecule has 0 heterocycles. The van der Waals surface area contributed by atoms with Crippen molar-refractivity contribution in [2.75, 3.05) is 27.8 Å². The molecule has 6 heteroatoms. The van der Waals surface area contributed by atoms with Gasteiger partial charge in [-0.15, -0.1) is 0 Å². The van der Waals surface area contributed by atoms with Crippen molar-refractivity contribution in [1.29, 1.82) is 0 Å². The highest BCUT2D eigenvalue weighted by Crippen LogP contribution is 2.40. The molecular formula is C18H23O6-. The predicted molar refractivity (Wildman–Crippen MR) is 85.7 cm³/mol. The van der Waals surface area contributed by atoms with E-state index in [0.29, 0.717) is 11.7 Å². The third-order valence-electron chi connectivity index (χ3n) is 4.05. The van der Waals surface area contributed by atoms with Gasteiger partial charge in [0.05, 0.1) is 5.97 Å². The first kappa shape index (κ1) is 18.3. The molecule has 2 rings (SSSR count). The van der Waals surface area contributed by atoms with E-state index in [1.165, 1.54) is 6.08 Å². The molecule has 0 aliphatic heterocycles. The summed E-state index contributed by atoms with van der Waals surface area (Å²) in [6, 6.07) is 5.72. The van der Waals surface area contributed by atoms with Crippen LogP contribution in [-0.2, 0) is 14.3 Å². The first-order valence-corrected chi connectivity index (χ1v) is 7.92. The van der Waals surface area contributed by atoms with E-state index < -0.39 is 5.97 Å². The van der Waals surface area contributed by atoms with Gasteiger partial charge in [-0.25, -0.2) is 0 Å². The number of hydrogen-bond donors (Lipinski definition) is 0. The zero-order valence-electron chi connectivity index (χ0n) is 14.1. The second kappa shape index (κ2) is 9.30. The van der Waals surface area contributed by atoms with Crippen LogP contribution in [0.5, 0.6) is 11.5 Å².